The minimum atomic E-state index is -1.21. The number of hydrogen-bond donors (Lipinski definition) is 7. The number of benzene rings is 1. The number of nitrogens with one attached hydrogen (secondary N) is 3. The second kappa shape index (κ2) is 13.7. The fourth-order valence-corrected chi connectivity index (χ4v) is 3.08. The summed E-state index contributed by atoms with van der Waals surface area (Å²) in [5.74, 6) is -3.68. The normalized spacial score (nSPS) is 15.5. The van der Waals surface area contributed by atoms with E-state index in [1.807, 2.05) is 0 Å². The number of aliphatic hydroxyl groups excluding tert-OH is 1. The number of nitrogens with two attached hydrogens (primary N) is 1. The zero-order valence-corrected chi connectivity index (χ0v) is 19.0. The Hall–Kier alpha value is -2.63. The van der Waals surface area contributed by atoms with Crippen LogP contribution in [0.1, 0.15) is 25.8 Å². The van der Waals surface area contributed by atoms with Crippen LogP contribution >= 0.6 is 12.6 Å². The molecule has 5 unspecified atom stereocenters. The zero-order valence-electron chi connectivity index (χ0n) is 18.2. The smallest absolute Gasteiger partial charge is 0.326 e. The van der Waals surface area contributed by atoms with Crippen LogP contribution in [0.4, 0.5) is 0 Å². The predicted octanol–water partition coefficient (Wildman–Crippen LogP) is -0.936. The van der Waals surface area contributed by atoms with Crippen LogP contribution in [0.15, 0.2) is 30.3 Å². The molecule has 0 aromatic heterocycles. The highest BCUT2D eigenvalue weighted by Gasteiger charge is 2.31. The Morgan fingerprint density at radius 2 is 1.56 bits per heavy atom. The number of rotatable bonds is 13. The molecule has 1 aromatic rings. The molecule has 0 heterocycles. The molecule has 0 saturated carbocycles. The number of carboxylic acid groups (broad SMARTS) is 1. The first-order valence-electron chi connectivity index (χ1n) is 10.3. The van der Waals surface area contributed by atoms with Crippen LogP contribution in [0.5, 0.6) is 0 Å². The first-order valence-corrected chi connectivity index (χ1v) is 10.9. The van der Waals surface area contributed by atoms with E-state index < -0.39 is 54.5 Å². The van der Waals surface area contributed by atoms with E-state index in [2.05, 4.69) is 28.6 Å². The van der Waals surface area contributed by atoms with Crippen LogP contribution in [0.25, 0.3) is 0 Å². The first-order chi connectivity index (χ1) is 15.1. The van der Waals surface area contributed by atoms with E-state index in [9.17, 15) is 24.3 Å². The first kappa shape index (κ1) is 27.4. The minimum Gasteiger partial charge on any atom is -0.480 e. The summed E-state index contributed by atoms with van der Waals surface area (Å²) in [5.41, 5.74) is 6.28. The SMILES string of the molecule is CCC(C)C(NC(=O)C(CS)NC(=O)C(Cc1ccccc1)NC(=O)C(N)CO)C(=O)O. The average molecular weight is 469 g/mol. The van der Waals surface area contributed by atoms with Crippen molar-refractivity contribution >= 4 is 36.3 Å². The van der Waals surface area contributed by atoms with Gasteiger partial charge in [-0.1, -0.05) is 50.6 Å². The molecule has 1 aromatic carbocycles. The Balaban J connectivity index is 2.97. The lowest BCUT2D eigenvalue weighted by Gasteiger charge is -2.26. The summed E-state index contributed by atoms with van der Waals surface area (Å²) >= 11 is 4.10. The van der Waals surface area contributed by atoms with Crippen LogP contribution in [0, 0.1) is 5.92 Å². The van der Waals surface area contributed by atoms with Crippen molar-refractivity contribution in [1.82, 2.24) is 16.0 Å². The summed E-state index contributed by atoms with van der Waals surface area (Å²) in [7, 11) is 0. The van der Waals surface area contributed by atoms with E-state index in [1.165, 1.54) is 0 Å². The van der Waals surface area contributed by atoms with Gasteiger partial charge < -0.3 is 31.9 Å². The Morgan fingerprint density at radius 1 is 1.00 bits per heavy atom. The summed E-state index contributed by atoms with van der Waals surface area (Å²) in [4.78, 5) is 49.2. The molecule has 0 aliphatic heterocycles. The van der Waals surface area contributed by atoms with Gasteiger partial charge in [-0.2, -0.15) is 12.6 Å². The molecule has 7 N–H and O–H groups in total. The van der Waals surface area contributed by atoms with Gasteiger partial charge in [-0.25, -0.2) is 4.79 Å². The van der Waals surface area contributed by atoms with Gasteiger partial charge in [0.2, 0.25) is 17.7 Å². The summed E-state index contributed by atoms with van der Waals surface area (Å²) in [5, 5.41) is 25.9. The van der Waals surface area contributed by atoms with Crippen LogP contribution in [0.3, 0.4) is 0 Å². The second-order valence-electron chi connectivity index (χ2n) is 7.49. The van der Waals surface area contributed by atoms with Gasteiger partial charge >= 0.3 is 5.97 Å². The van der Waals surface area contributed by atoms with Gasteiger partial charge in [0.05, 0.1) is 6.61 Å². The van der Waals surface area contributed by atoms with Gasteiger partial charge in [-0.15, -0.1) is 0 Å². The van der Waals surface area contributed by atoms with Gasteiger partial charge in [0.25, 0.3) is 0 Å². The summed E-state index contributed by atoms with van der Waals surface area (Å²) in [6.45, 7) is 2.90. The van der Waals surface area contributed by atoms with E-state index in [-0.39, 0.29) is 18.1 Å². The topological polar surface area (TPSA) is 171 Å². The lowest BCUT2D eigenvalue weighted by Crippen LogP contribution is -2.59. The molecule has 1 rings (SSSR count). The fourth-order valence-electron chi connectivity index (χ4n) is 2.82. The molecule has 11 heteroatoms. The number of carboxylic acids is 1. The molecule has 5 atom stereocenters. The maximum Gasteiger partial charge on any atom is 0.326 e. The van der Waals surface area contributed by atoms with E-state index in [0.717, 1.165) is 5.56 Å². The quantitative estimate of drug-likeness (QED) is 0.183. The molecule has 0 bridgehead atoms. The van der Waals surface area contributed by atoms with Gasteiger partial charge in [0.1, 0.15) is 24.2 Å². The highest BCUT2D eigenvalue weighted by Crippen LogP contribution is 2.09. The van der Waals surface area contributed by atoms with E-state index in [0.29, 0.717) is 6.42 Å². The molecular weight excluding hydrogens is 436 g/mol. The van der Waals surface area contributed by atoms with E-state index in [4.69, 9.17) is 10.8 Å². The zero-order chi connectivity index (χ0) is 24.3. The number of carbonyl (C=O) groups is 4. The third-order valence-electron chi connectivity index (χ3n) is 5.04. The molecule has 0 aliphatic rings. The molecule has 0 radical (unpaired) electrons. The molecule has 10 nitrogen and oxygen atoms in total. The van der Waals surface area contributed by atoms with Crippen molar-refractivity contribution in [2.45, 2.75) is 50.9 Å². The van der Waals surface area contributed by atoms with Gasteiger partial charge in [-0.3, -0.25) is 14.4 Å². The minimum absolute atomic E-state index is 0.0907. The highest BCUT2D eigenvalue weighted by molar-refractivity contribution is 7.80. The average Bonchev–Trinajstić information content (AvgIpc) is 2.79. The van der Waals surface area contributed by atoms with Crippen molar-refractivity contribution in [3.8, 4) is 0 Å². The Kier molecular flexibility index (Phi) is 11.7. The third-order valence-corrected chi connectivity index (χ3v) is 5.41. The predicted molar refractivity (Wildman–Crippen MR) is 122 cm³/mol. The Labute approximate surface area is 192 Å². The lowest BCUT2D eigenvalue weighted by molar-refractivity contribution is -0.143. The maximum absolute atomic E-state index is 12.9. The van der Waals surface area contributed by atoms with Crippen molar-refractivity contribution < 1.29 is 29.4 Å². The molecular formula is C21H32N4O6S. The van der Waals surface area contributed by atoms with Crippen molar-refractivity contribution in [2.24, 2.45) is 11.7 Å². The third kappa shape index (κ3) is 8.48. The summed E-state index contributed by atoms with van der Waals surface area (Å²) in [6.07, 6.45) is 0.646. The fraction of sp³-hybridized carbons (Fsp3) is 0.524. The number of hydrogen-bond acceptors (Lipinski definition) is 7. The van der Waals surface area contributed by atoms with Crippen molar-refractivity contribution in [2.75, 3.05) is 12.4 Å². The maximum atomic E-state index is 12.9. The summed E-state index contributed by atoms with van der Waals surface area (Å²) < 4.78 is 0. The monoisotopic (exact) mass is 468 g/mol. The van der Waals surface area contributed by atoms with Gasteiger partial charge in [-0.05, 0) is 11.5 Å². The van der Waals surface area contributed by atoms with E-state index >= 15 is 0 Å². The highest BCUT2D eigenvalue weighted by atomic mass is 32.1. The molecule has 178 valence electrons. The van der Waals surface area contributed by atoms with Crippen LogP contribution in [0.2, 0.25) is 0 Å². The van der Waals surface area contributed by atoms with Crippen molar-refractivity contribution in [3.05, 3.63) is 35.9 Å². The number of aliphatic carboxylic acids is 1. The molecule has 0 saturated heterocycles. The molecule has 0 aliphatic carbocycles. The van der Waals surface area contributed by atoms with Crippen LogP contribution in [-0.2, 0) is 25.6 Å². The molecule has 0 fully saturated rings. The van der Waals surface area contributed by atoms with Crippen LogP contribution < -0.4 is 21.7 Å². The van der Waals surface area contributed by atoms with Crippen molar-refractivity contribution in [1.29, 1.82) is 0 Å². The number of amides is 3. The standard InChI is InChI=1S/C21H32N4O6S/c1-3-12(2)17(21(30)31)25-20(29)16(11-32)24-19(28)15(23-18(27)14(22)10-26)9-13-7-5-4-6-8-13/h4-8,12,14-17,26,32H,3,9-11,22H2,1-2H3,(H,23,27)(H,24,28)(H,25,29)(H,30,31). The van der Waals surface area contributed by atoms with Crippen molar-refractivity contribution in [3.63, 3.8) is 0 Å². The molecule has 0 spiro atoms. The largest absolute Gasteiger partial charge is 0.480 e. The van der Waals surface area contributed by atoms with E-state index in [1.54, 1.807) is 44.2 Å². The second-order valence-corrected chi connectivity index (χ2v) is 7.86. The molecule has 3 amide bonds. The van der Waals surface area contributed by atoms with Gasteiger partial charge in [0.15, 0.2) is 0 Å². The van der Waals surface area contributed by atoms with Crippen LogP contribution in [-0.4, -0.2) is 70.4 Å². The summed E-state index contributed by atoms with van der Waals surface area (Å²) in [6, 6.07) is 4.35. The molecule has 32 heavy (non-hydrogen) atoms. The lowest BCUT2D eigenvalue weighted by atomic mass is 9.99. The van der Waals surface area contributed by atoms with Gasteiger partial charge in [0, 0.05) is 12.2 Å². The Bertz CT molecular complexity index is 779. The number of aliphatic hydroxyl groups is 1. The Morgan fingerprint density at radius 3 is 2.06 bits per heavy atom. The number of carbonyl (C=O) groups excluding carboxylic acids is 3. The number of thiol groups is 1.